The molecule has 3 rings (SSSR count). The third kappa shape index (κ3) is 4.89. The molecular formula is C22H25ClN2O2. The fraction of sp³-hybridized carbons (Fsp3) is 0.364. The number of hydrazone groups is 1. The minimum atomic E-state index is -0.344. The molecule has 2 aromatic carbocycles. The van der Waals surface area contributed by atoms with E-state index >= 15 is 0 Å². The molecule has 0 saturated heterocycles. The molecule has 0 N–H and O–H groups in total. The maximum Gasteiger partial charge on any atom is 0.243 e. The second-order valence-electron chi connectivity index (χ2n) is 7.52. The van der Waals surface area contributed by atoms with Crippen LogP contribution in [0.1, 0.15) is 44.2 Å². The van der Waals surface area contributed by atoms with Gasteiger partial charge < -0.3 is 4.74 Å². The first kappa shape index (κ1) is 19.4. The van der Waals surface area contributed by atoms with Crippen molar-refractivity contribution in [3.8, 4) is 5.75 Å². The number of amides is 1. The van der Waals surface area contributed by atoms with E-state index in [2.05, 4.69) is 11.2 Å². The Morgan fingerprint density at radius 1 is 1.22 bits per heavy atom. The summed E-state index contributed by atoms with van der Waals surface area (Å²) in [5.74, 6) is 0.841. The molecule has 1 aliphatic heterocycles. The van der Waals surface area contributed by atoms with Crippen molar-refractivity contribution in [3.63, 3.8) is 0 Å². The lowest BCUT2D eigenvalue weighted by Gasteiger charge is -2.28. The summed E-state index contributed by atoms with van der Waals surface area (Å²) in [4.78, 5) is 12.7. The van der Waals surface area contributed by atoms with Crippen molar-refractivity contribution in [1.82, 2.24) is 5.01 Å². The number of aryl methyl sites for hydroxylation is 1. The van der Waals surface area contributed by atoms with E-state index in [0.29, 0.717) is 30.9 Å². The summed E-state index contributed by atoms with van der Waals surface area (Å²) in [5.41, 5.74) is 2.62. The van der Waals surface area contributed by atoms with E-state index in [9.17, 15) is 4.79 Å². The SMILES string of the molecule is Cc1cc(Cl)cc(C2=NN(C(=O)CCCOc3ccccc3)C(C)(C)C2)c1. The molecule has 27 heavy (non-hydrogen) atoms. The highest BCUT2D eigenvalue weighted by molar-refractivity contribution is 6.31. The number of hydrogen-bond acceptors (Lipinski definition) is 3. The monoisotopic (exact) mass is 384 g/mol. The van der Waals surface area contributed by atoms with Crippen molar-refractivity contribution in [1.29, 1.82) is 0 Å². The summed E-state index contributed by atoms with van der Waals surface area (Å²) < 4.78 is 5.67. The molecular weight excluding hydrogens is 360 g/mol. The van der Waals surface area contributed by atoms with Gasteiger partial charge in [0.2, 0.25) is 5.91 Å². The third-order valence-electron chi connectivity index (χ3n) is 4.55. The Balaban J connectivity index is 1.62. The molecule has 1 aliphatic rings. The zero-order valence-electron chi connectivity index (χ0n) is 16.0. The Hall–Kier alpha value is -2.33. The van der Waals surface area contributed by atoms with Gasteiger partial charge >= 0.3 is 0 Å². The zero-order valence-corrected chi connectivity index (χ0v) is 16.8. The summed E-state index contributed by atoms with van der Waals surface area (Å²) in [6.45, 7) is 6.60. The summed E-state index contributed by atoms with van der Waals surface area (Å²) in [7, 11) is 0. The van der Waals surface area contributed by atoms with Crippen molar-refractivity contribution in [2.45, 2.75) is 45.6 Å². The van der Waals surface area contributed by atoms with Gasteiger partial charge in [0.1, 0.15) is 5.75 Å². The van der Waals surface area contributed by atoms with Crippen LogP contribution in [0.25, 0.3) is 0 Å². The molecule has 0 radical (unpaired) electrons. The molecule has 0 bridgehead atoms. The van der Waals surface area contributed by atoms with Crippen LogP contribution in [-0.4, -0.2) is 28.8 Å². The molecule has 1 heterocycles. The van der Waals surface area contributed by atoms with Crippen LogP contribution in [0, 0.1) is 6.92 Å². The first-order valence-corrected chi connectivity index (χ1v) is 9.59. The van der Waals surface area contributed by atoms with E-state index in [1.807, 2.05) is 63.2 Å². The Morgan fingerprint density at radius 3 is 2.67 bits per heavy atom. The van der Waals surface area contributed by atoms with E-state index in [1.165, 1.54) is 0 Å². The molecule has 0 unspecified atom stereocenters. The van der Waals surface area contributed by atoms with Gasteiger partial charge in [-0.05, 0) is 62.6 Å². The molecule has 0 saturated carbocycles. The van der Waals surface area contributed by atoms with Crippen LogP contribution in [0.15, 0.2) is 53.6 Å². The number of carbonyl (C=O) groups is 1. The lowest BCUT2D eigenvalue weighted by atomic mass is 9.94. The molecule has 0 spiro atoms. The summed E-state index contributed by atoms with van der Waals surface area (Å²) in [5, 5.41) is 6.95. The molecule has 1 amide bonds. The first-order valence-electron chi connectivity index (χ1n) is 9.21. The topological polar surface area (TPSA) is 41.9 Å². The fourth-order valence-corrected chi connectivity index (χ4v) is 3.56. The fourth-order valence-electron chi connectivity index (χ4n) is 3.27. The maximum absolute atomic E-state index is 12.7. The van der Waals surface area contributed by atoms with Crippen molar-refractivity contribution < 1.29 is 9.53 Å². The average Bonchev–Trinajstić information content (AvgIpc) is 2.94. The van der Waals surface area contributed by atoms with Crippen LogP contribution in [0.3, 0.4) is 0 Å². The number of carbonyl (C=O) groups excluding carboxylic acids is 1. The van der Waals surface area contributed by atoms with Crippen LogP contribution in [0.4, 0.5) is 0 Å². The second kappa shape index (κ2) is 8.13. The van der Waals surface area contributed by atoms with E-state index in [-0.39, 0.29) is 11.4 Å². The molecule has 0 aromatic heterocycles. The predicted molar refractivity (Wildman–Crippen MR) is 109 cm³/mol. The average molecular weight is 385 g/mol. The van der Waals surface area contributed by atoms with Gasteiger partial charge in [0.25, 0.3) is 0 Å². The largest absolute Gasteiger partial charge is 0.494 e. The third-order valence-corrected chi connectivity index (χ3v) is 4.77. The van der Waals surface area contributed by atoms with Crippen molar-refractivity contribution in [2.24, 2.45) is 5.10 Å². The summed E-state index contributed by atoms with van der Waals surface area (Å²) in [6.07, 6.45) is 1.77. The van der Waals surface area contributed by atoms with Gasteiger partial charge in [-0.15, -0.1) is 0 Å². The Bertz CT molecular complexity index is 826. The molecule has 142 valence electrons. The van der Waals surface area contributed by atoms with Crippen molar-refractivity contribution in [2.75, 3.05) is 6.61 Å². The van der Waals surface area contributed by atoms with Gasteiger partial charge in [0, 0.05) is 17.9 Å². The maximum atomic E-state index is 12.7. The quantitative estimate of drug-likeness (QED) is 0.640. The van der Waals surface area contributed by atoms with E-state index < -0.39 is 0 Å². The lowest BCUT2D eigenvalue weighted by molar-refractivity contribution is -0.135. The van der Waals surface area contributed by atoms with Crippen LogP contribution >= 0.6 is 11.6 Å². The number of halogens is 1. The van der Waals surface area contributed by atoms with E-state index in [1.54, 1.807) is 5.01 Å². The molecule has 2 aromatic rings. The molecule has 0 fully saturated rings. The molecule has 0 atom stereocenters. The number of benzene rings is 2. The first-order chi connectivity index (χ1) is 12.8. The van der Waals surface area contributed by atoms with Crippen LogP contribution in [0.5, 0.6) is 5.75 Å². The van der Waals surface area contributed by atoms with E-state index in [4.69, 9.17) is 16.3 Å². The van der Waals surface area contributed by atoms with Gasteiger partial charge in [0.15, 0.2) is 0 Å². The Labute approximate surface area is 165 Å². The smallest absolute Gasteiger partial charge is 0.243 e. The van der Waals surface area contributed by atoms with Crippen LogP contribution in [-0.2, 0) is 4.79 Å². The van der Waals surface area contributed by atoms with Crippen LogP contribution in [0.2, 0.25) is 5.02 Å². The van der Waals surface area contributed by atoms with Gasteiger partial charge in [0.05, 0.1) is 17.9 Å². The zero-order chi connectivity index (χ0) is 19.4. The number of para-hydroxylation sites is 1. The second-order valence-corrected chi connectivity index (χ2v) is 7.96. The Kier molecular flexibility index (Phi) is 5.85. The minimum absolute atomic E-state index is 0.0189. The number of nitrogens with zero attached hydrogens (tertiary/aromatic N) is 2. The van der Waals surface area contributed by atoms with Crippen LogP contribution < -0.4 is 4.74 Å². The number of hydrogen-bond donors (Lipinski definition) is 0. The summed E-state index contributed by atoms with van der Waals surface area (Å²) >= 11 is 6.18. The summed E-state index contributed by atoms with van der Waals surface area (Å²) in [6, 6.07) is 15.5. The van der Waals surface area contributed by atoms with Gasteiger partial charge in [-0.1, -0.05) is 35.9 Å². The Morgan fingerprint density at radius 2 is 1.96 bits per heavy atom. The van der Waals surface area contributed by atoms with Crippen molar-refractivity contribution in [3.05, 3.63) is 64.7 Å². The highest BCUT2D eigenvalue weighted by Gasteiger charge is 2.38. The van der Waals surface area contributed by atoms with Crippen molar-refractivity contribution >= 4 is 23.2 Å². The highest BCUT2D eigenvalue weighted by atomic mass is 35.5. The van der Waals surface area contributed by atoms with Gasteiger partial charge in [-0.25, -0.2) is 5.01 Å². The van der Waals surface area contributed by atoms with E-state index in [0.717, 1.165) is 22.6 Å². The highest BCUT2D eigenvalue weighted by Crippen LogP contribution is 2.31. The molecule has 4 nitrogen and oxygen atoms in total. The molecule has 0 aliphatic carbocycles. The standard InChI is InChI=1S/C22H25ClN2O2/c1-16-12-17(14-18(23)13-16)20-15-22(2,3)25(24-20)21(26)10-7-11-27-19-8-5-4-6-9-19/h4-6,8-9,12-14H,7,10-11,15H2,1-3H3. The minimum Gasteiger partial charge on any atom is -0.494 e. The van der Waals surface area contributed by atoms with Gasteiger partial charge in [-0.2, -0.15) is 5.10 Å². The lowest BCUT2D eigenvalue weighted by Crippen LogP contribution is -2.40. The number of ether oxygens (including phenoxy) is 1. The number of rotatable bonds is 6. The molecule has 5 heteroatoms. The predicted octanol–water partition coefficient (Wildman–Crippen LogP) is 5.22. The normalized spacial score (nSPS) is 15.6. The van der Waals surface area contributed by atoms with Gasteiger partial charge in [-0.3, -0.25) is 4.79 Å².